The van der Waals surface area contributed by atoms with Crippen molar-refractivity contribution in [2.45, 2.75) is 64.5 Å². The first-order valence-electron chi connectivity index (χ1n) is 9.15. The first-order valence-corrected chi connectivity index (χ1v) is 10.7. The highest BCUT2D eigenvalue weighted by Gasteiger charge is 2.15. The van der Waals surface area contributed by atoms with Crippen LogP contribution < -0.4 is 11.1 Å². The molecule has 0 fully saturated rings. The van der Waals surface area contributed by atoms with Crippen LogP contribution in [0.15, 0.2) is 24.3 Å². The predicted molar refractivity (Wildman–Crippen MR) is 101 cm³/mol. The van der Waals surface area contributed by atoms with Gasteiger partial charge in [-0.05, 0) is 24.0 Å². The van der Waals surface area contributed by atoms with Gasteiger partial charge >= 0.3 is 7.82 Å². The molecule has 0 heterocycles. The lowest BCUT2D eigenvalue weighted by Gasteiger charge is -2.13. The summed E-state index contributed by atoms with van der Waals surface area (Å²) in [6, 6.07) is 8.09. The van der Waals surface area contributed by atoms with E-state index < -0.39 is 13.9 Å². The number of rotatable bonds is 14. The van der Waals surface area contributed by atoms with Crippen LogP contribution in [0.5, 0.6) is 0 Å². The molecule has 7 heteroatoms. The minimum Gasteiger partial charge on any atom is -0.325 e. The Labute approximate surface area is 151 Å². The van der Waals surface area contributed by atoms with Crippen molar-refractivity contribution in [2.24, 2.45) is 5.73 Å². The maximum Gasteiger partial charge on any atom is 0.469 e. The summed E-state index contributed by atoms with van der Waals surface area (Å²) in [6.45, 7) is 3.16. The van der Waals surface area contributed by atoms with Crippen LogP contribution >= 0.6 is 7.82 Å². The van der Waals surface area contributed by atoms with E-state index in [4.69, 9.17) is 15.5 Å². The zero-order chi connectivity index (χ0) is 18.5. The second kappa shape index (κ2) is 12.6. The van der Waals surface area contributed by atoms with Crippen LogP contribution in [0.3, 0.4) is 0 Å². The number of nitrogens with two attached hydrogens (primary N) is 1. The van der Waals surface area contributed by atoms with Crippen molar-refractivity contribution in [1.29, 1.82) is 0 Å². The molecule has 0 amide bonds. The van der Waals surface area contributed by atoms with Crippen LogP contribution in [0, 0.1) is 0 Å². The van der Waals surface area contributed by atoms with Crippen molar-refractivity contribution in [2.75, 3.05) is 13.2 Å². The summed E-state index contributed by atoms with van der Waals surface area (Å²) >= 11 is 0. The molecule has 1 rings (SSSR count). The zero-order valence-corrected chi connectivity index (χ0v) is 16.1. The van der Waals surface area contributed by atoms with Gasteiger partial charge in [-0.15, -0.1) is 0 Å². The van der Waals surface area contributed by atoms with E-state index in [1.165, 1.54) is 44.1 Å². The number of unbranched alkanes of at least 4 members (excludes halogenated alkanes) is 5. The Bertz CT molecular complexity index is 504. The molecule has 1 unspecified atom stereocenters. The minimum atomic E-state index is -4.44. The highest BCUT2D eigenvalue weighted by atomic mass is 31.2. The molecular formula is C18H33N2O4P. The molecule has 1 aromatic rings. The third-order valence-corrected chi connectivity index (χ3v) is 4.52. The average Bonchev–Trinajstić information content (AvgIpc) is 2.57. The monoisotopic (exact) mass is 372 g/mol. The van der Waals surface area contributed by atoms with E-state index in [2.05, 4.69) is 41.0 Å². The fourth-order valence-electron chi connectivity index (χ4n) is 2.59. The van der Waals surface area contributed by atoms with Crippen molar-refractivity contribution in [3.63, 3.8) is 0 Å². The maximum absolute atomic E-state index is 10.6. The van der Waals surface area contributed by atoms with E-state index in [-0.39, 0.29) is 6.61 Å². The number of phosphoric ester groups is 1. The van der Waals surface area contributed by atoms with Gasteiger partial charge < -0.3 is 20.8 Å². The molecule has 1 atom stereocenters. The third kappa shape index (κ3) is 12.3. The molecule has 25 heavy (non-hydrogen) atoms. The van der Waals surface area contributed by atoms with Crippen molar-refractivity contribution in [3.8, 4) is 0 Å². The van der Waals surface area contributed by atoms with Gasteiger partial charge in [0.25, 0.3) is 0 Å². The molecule has 0 aromatic heterocycles. The van der Waals surface area contributed by atoms with Crippen molar-refractivity contribution in [1.82, 2.24) is 5.32 Å². The molecule has 0 aliphatic rings. The molecule has 0 bridgehead atoms. The Kier molecular flexibility index (Phi) is 11.2. The molecule has 144 valence electrons. The normalized spacial score (nSPS) is 13.1. The number of hydrogen-bond donors (Lipinski definition) is 4. The summed E-state index contributed by atoms with van der Waals surface area (Å²) in [5, 5.41) is 3.17. The van der Waals surface area contributed by atoms with Crippen LogP contribution in [0.25, 0.3) is 0 Å². The van der Waals surface area contributed by atoms with Gasteiger partial charge in [-0.1, -0.05) is 63.3 Å². The smallest absolute Gasteiger partial charge is 0.325 e. The summed E-state index contributed by atoms with van der Waals surface area (Å²) in [6.07, 6.45) is 9.00. The lowest BCUT2D eigenvalue weighted by atomic mass is 10.0. The van der Waals surface area contributed by atoms with Gasteiger partial charge in [-0.25, -0.2) is 4.57 Å². The Balaban J connectivity index is 2.16. The molecule has 0 radical (unpaired) electrons. The first-order chi connectivity index (χ1) is 11.9. The topological polar surface area (TPSA) is 105 Å². The molecular weight excluding hydrogens is 339 g/mol. The minimum absolute atomic E-state index is 0.172. The molecule has 6 nitrogen and oxygen atoms in total. The lowest BCUT2D eigenvalue weighted by Crippen LogP contribution is -2.37. The number of benzene rings is 1. The number of nitrogens with one attached hydrogen (secondary N) is 1. The molecule has 0 aliphatic heterocycles. The third-order valence-electron chi connectivity index (χ3n) is 4.03. The fraction of sp³-hybridized carbons (Fsp3) is 0.667. The van der Waals surface area contributed by atoms with E-state index in [1.54, 1.807) is 0 Å². The highest BCUT2D eigenvalue weighted by molar-refractivity contribution is 7.46. The predicted octanol–water partition coefficient (Wildman–Crippen LogP) is 3.12. The molecule has 0 spiro atoms. The molecule has 1 aromatic carbocycles. The Morgan fingerprint density at radius 2 is 1.68 bits per heavy atom. The second-order valence-electron chi connectivity index (χ2n) is 6.51. The SMILES string of the molecule is CCCCCCCCc1ccc(CNCC(N)COP(=O)(O)O)cc1. The second-order valence-corrected chi connectivity index (χ2v) is 7.75. The Morgan fingerprint density at radius 3 is 2.32 bits per heavy atom. The number of aryl methyl sites for hydroxylation is 1. The van der Waals surface area contributed by atoms with Crippen LogP contribution in [0.2, 0.25) is 0 Å². The van der Waals surface area contributed by atoms with Gasteiger partial charge in [0.15, 0.2) is 0 Å². The summed E-state index contributed by atoms with van der Waals surface area (Å²) in [7, 11) is -4.44. The summed E-state index contributed by atoms with van der Waals surface area (Å²) in [5.74, 6) is 0. The van der Waals surface area contributed by atoms with Gasteiger partial charge in [-0.3, -0.25) is 4.52 Å². The van der Waals surface area contributed by atoms with Crippen LogP contribution in [-0.4, -0.2) is 29.0 Å². The standard InChI is InChI=1S/C18H33N2O4P/c1-2-3-4-5-6-7-8-16-9-11-17(12-10-16)13-20-14-18(19)15-24-25(21,22)23/h9-12,18,20H,2-8,13-15,19H2,1H3,(H2,21,22,23). The molecule has 0 aliphatic carbocycles. The molecule has 0 saturated carbocycles. The van der Waals surface area contributed by atoms with E-state index >= 15 is 0 Å². The first kappa shape index (κ1) is 22.3. The summed E-state index contributed by atoms with van der Waals surface area (Å²) < 4.78 is 15.0. The fourth-order valence-corrected chi connectivity index (χ4v) is 2.97. The largest absolute Gasteiger partial charge is 0.469 e. The van der Waals surface area contributed by atoms with E-state index in [1.807, 2.05) is 0 Å². The van der Waals surface area contributed by atoms with Crippen LogP contribution in [0.1, 0.15) is 56.6 Å². The van der Waals surface area contributed by atoms with E-state index in [0.29, 0.717) is 13.1 Å². The lowest BCUT2D eigenvalue weighted by molar-refractivity contribution is 0.185. The Morgan fingerprint density at radius 1 is 1.08 bits per heavy atom. The highest BCUT2D eigenvalue weighted by Crippen LogP contribution is 2.35. The number of hydrogen-bond acceptors (Lipinski definition) is 4. The maximum atomic E-state index is 10.6. The van der Waals surface area contributed by atoms with Gasteiger partial charge in [0.05, 0.1) is 6.61 Å². The molecule has 0 saturated heterocycles. The summed E-state index contributed by atoms with van der Waals surface area (Å²) in [4.78, 5) is 17.2. The van der Waals surface area contributed by atoms with E-state index in [0.717, 1.165) is 12.0 Å². The van der Waals surface area contributed by atoms with Gasteiger partial charge in [0.1, 0.15) is 0 Å². The summed E-state index contributed by atoms with van der Waals surface area (Å²) in [5.41, 5.74) is 8.27. The van der Waals surface area contributed by atoms with Gasteiger partial charge in [-0.2, -0.15) is 0 Å². The van der Waals surface area contributed by atoms with Gasteiger partial charge in [0.2, 0.25) is 0 Å². The van der Waals surface area contributed by atoms with Crippen LogP contribution in [-0.2, 0) is 22.1 Å². The quantitative estimate of drug-likeness (QED) is 0.295. The van der Waals surface area contributed by atoms with Crippen molar-refractivity contribution >= 4 is 7.82 Å². The van der Waals surface area contributed by atoms with Crippen LogP contribution in [0.4, 0.5) is 0 Å². The number of phosphoric acid groups is 1. The van der Waals surface area contributed by atoms with Gasteiger partial charge in [0, 0.05) is 19.1 Å². The molecule has 5 N–H and O–H groups in total. The Hall–Kier alpha value is -0.750. The van der Waals surface area contributed by atoms with E-state index in [9.17, 15) is 4.57 Å². The van der Waals surface area contributed by atoms with Crippen molar-refractivity contribution in [3.05, 3.63) is 35.4 Å². The zero-order valence-electron chi connectivity index (χ0n) is 15.2. The van der Waals surface area contributed by atoms with Crippen molar-refractivity contribution < 1.29 is 18.9 Å². The average molecular weight is 372 g/mol.